The van der Waals surface area contributed by atoms with E-state index in [4.69, 9.17) is 16.3 Å². The molecule has 1 aromatic heterocycles. The third-order valence-corrected chi connectivity index (χ3v) is 5.39. The summed E-state index contributed by atoms with van der Waals surface area (Å²) < 4.78 is 6.15. The van der Waals surface area contributed by atoms with Crippen LogP contribution in [0.1, 0.15) is 12.0 Å². The van der Waals surface area contributed by atoms with E-state index in [0.717, 1.165) is 15.8 Å². The molecule has 0 atom stereocenters. The molecule has 0 bridgehead atoms. The zero-order valence-electron chi connectivity index (χ0n) is 15.4. The Kier molecular flexibility index (Phi) is 6.84. The standard InChI is InChI=1S/C20H20ClN3O3S/c1-24(19(25)9-6-14-4-2-3-5-16(14)21)10-11-27-20(26)23-15-7-8-17-18(12-15)28-13-22-17/h2-5,7-8,12-13H,6,9-11H2,1H3,(H,23,26). The SMILES string of the molecule is CN(CCOC(=O)Nc1ccc2ncsc2c1)C(=O)CCc1ccccc1Cl. The van der Waals surface area contributed by atoms with E-state index >= 15 is 0 Å². The third kappa shape index (κ3) is 5.43. The van der Waals surface area contributed by atoms with Crippen molar-refractivity contribution in [1.29, 1.82) is 0 Å². The smallest absolute Gasteiger partial charge is 0.411 e. The monoisotopic (exact) mass is 417 g/mol. The number of carbonyl (C=O) groups excluding carboxylic acids is 2. The van der Waals surface area contributed by atoms with Crippen LogP contribution < -0.4 is 5.32 Å². The number of fused-ring (bicyclic) bond motifs is 1. The first-order valence-electron chi connectivity index (χ1n) is 8.77. The van der Waals surface area contributed by atoms with Crippen molar-refractivity contribution in [3.05, 3.63) is 58.6 Å². The van der Waals surface area contributed by atoms with Gasteiger partial charge in [-0.1, -0.05) is 29.8 Å². The molecule has 3 rings (SSSR count). The Morgan fingerprint density at radius 1 is 1.25 bits per heavy atom. The van der Waals surface area contributed by atoms with Crippen molar-refractivity contribution >= 4 is 50.8 Å². The van der Waals surface area contributed by atoms with Crippen molar-refractivity contribution in [2.75, 3.05) is 25.5 Å². The summed E-state index contributed by atoms with van der Waals surface area (Å²) in [5.41, 5.74) is 4.23. The number of aromatic nitrogens is 1. The van der Waals surface area contributed by atoms with Crippen LogP contribution in [0.5, 0.6) is 0 Å². The molecule has 28 heavy (non-hydrogen) atoms. The molecular weight excluding hydrogens is 398 g/mol. The number of nitrogens with zero attached hydrogens (tertiary/aromatic N) is 2. The van der Waals surface area contributed by atoms with E-state index in [-0.39, 0.29) is 12.5 Å². The lowest BCUT2D eigenvalue weighted by atomic mass is 10.1. The molecule has 0 saturated heterocycles. The number of benzene rings is 2. The number of carbonyl (C=O) groups is 2. The molecule has 146 valence electrons. The van der Waals surface area contributed by atoms with Gasteiger partial charge in [0, 0.05) is 24.2 Å². The van der Waals surface area contributed by atoms with Crippen LogP contribution in [-0.4, -0.2) is 42.1 Å². The molecule has 0 fully saturated rings. The summed E-state index contributed by atoms with van der Waals surface area (Å²) in [4.78, 5) is 29.9. The second-order valence-electron chi connectivity index (χ2n) is 6.20. The molecular formula is C20H20ClN3O3S. The number of likely N-dealkylation sites (N-methyl/N-ethyl adjacent to an activating group) is 1. The van der Waals surface area contributed by atoms with Gasteiger partial charge in [0.1, 0.15) is 6.61 Å². The second kappa shape index (κ2) is 9.52. The van der Waals surface area contributed by atoms with Gasteiger partial charge >= 0.3 is 6.09 Å². The van der Waals surface area contributed by atoms with Crippen LogP contribution in [0.25, 0.3) is 10.2 Å². The minimum absolute atomic E-state index is 0.0282. The van der Waals surface area contributed by atoms with Gasteiger partial charge in [0.05, 0.1) is 22.3 Å². The van der Waals surface area contributed by atoms with Crippen molar-refractivity contribution in [3.63, 3.8) is 0 Å². The highest BCUT2D eigenvalue weighted by atomic mass is 35.5. The lowest BCUT2D eigenvalue weighted by Crippen LogP contribution is -2.31. The maximum Gasteiger partial charge on any atom is 0.411 e. The van der Waals surface area contributed by atoms with E-state index in [1.54, 1.807) is 23.5 Å². The summed E-state index contributed by atoms with van der Waals surface area (Å²) in [7, 11) is 1.69. The van der Waals surface area contributed by atoms with E-state index in [0.29, 0.717) is 30.1 Å². The van der Waals surface area contributed by atoms with Crippen molar-refractivity contribution < 1.29 is 14.3 Å². The Balaban J connectivity index is 1.39. The molecule has 2 amide bonds. The summed E-state index contributed by atoms with van der Waals surface area (Å²) >= 11 is 7.61. The maximum atomic E-state index is 12.2. The third-order valence-electron chi connectivity index (χ3n) is 4.23. The number of nitrogens with one attached hydrogen (secondary N) is 1. The molecule has 8 heteroatoms. The van der Waals surface area contributed by atoms with Gasteiger partial charge in [-0.2, -0.15) is 0 Å². The first-order chi connectivity index (χ1) is 13.5. The molecule has 0 spiro atoms. The molecule has 0 unspecified atom stereocenters. The molecule has 6 nitrogen and oxygen atoms in total. The van der Waals surface area contributed by atoms with Gasteiger partial charge in [-0.15, -0.1) is 11.3 Å². The maximum absolute atomic E-state index is 12.2. The number of anilines is 1. The van der Waals surface area contributed by atoms with Crippen LogP contribution in [0.15, 0.2) is 48.0 Å². The van der Waals surface area contributed by atoms with Crippen molar-refractivity contribution in [2.45, 2.75) is 12.8 Å². The fourth-order valence-electron chi connectivity index (χ4n) is 2.62. The van der Waals surface area contributed by atoms with Crippen LogP contribution in [0.3, 0.4) is 0 Å². The number of hydrogen-bond acceptors (Lipinski definition) is 5. The number of hydrogen-bond donors (Lipinski definition) is 1. The molecule has 0 aliphatic heterocycles. The summed E-state index contributed by atoms with van der Waals surface area (Å²) in [5.74, 6) is -0.0282. The van der Waals surface area contributed by atoms with Gasteiger partial charge in [0.25, 0.3) is 0 Å². The Morgan fingerprint density at radius 2 is 2.07 bits per heavy atom. The van der Waals surface area contributed by atoms with Gasteiger partial charge in [0.15, 0.2) is 0 Å². The number of halogens is 1. The van der Waals surface area contributed by atoms with Crippen LogP contribution in [0.4, 0.5) is 10.5 Å². The fourth-order valence-corrected chi connectivity index (χ4v) is 3.57. The zero-order chi connectivity index (χ0) is 19.9. The summed E-state index contributed by atoms with van der Waals surface area (Å²) in [6.45, 7) is 0.436. The van der Waals surface area contributed by atoms with Crippen molar-refractivity contribution in [2.24, 2.45) is 0 Å². The van der Waals surface area contributed by atoms with E-state index in [1.165, 1.54) is 11.3 Å². The van der Waals surface area contributed by atoms with E-state index in [9.17, 15) is 9.59 Å². The van der Waals surface area contributed by atoms with E-state index in [2.05, 4.69) is 10.3 Å². The molecule has 0 aliphatic rings. The molecule has 3 aromatic rings. The number of thiazole rings is 1. The second-order valence-corrected chi connectivity index (χ2v) is 7.50. The molecule has 1 heterocycles. The van der Waals surface area contributed by atoms with Gasteiger partial charge < -0.3 is 9.64 Å². The Bertz CT molecular complexity index is 976. The topological polar surface area (TPSA) is 71.5 Å². The highest BCUT2D eigenvalue weighted by Gasteiger charge is 2.11. The van der Waals surface area contributed by atoms with E-state index < -0.39 is 6.09 Å². The Morgan fingerprint density at radius 3 is 2.89 bits per heavy atom. The first kappa shape index (κ1) is 20.1. The molecule has 2 aromatic carbocycles. The zero-order valence-corrected chi connectivity index (χ0v) is 16.9. The molecule has 0 saturated carbocycles. The van der Waals surface area contributed by atoms with E-state index in [1.807, 2.05) is 36.4 Å². The van der Waals surface area contributed by atoms with Gasteiger partial charge in [-0.3, -0.25) is 10.1 Å². The number of rotatable bonds is 7. The van der Waals surface area contributed by atoms with Crippen LogP contribution >= 0.6 is 22.9 Å². The van der Waals surface area contributed by atoms with Gasteiger partial charge in [0.2, 0.25) is 5.91 Å². The Hall–Kier alpha value is -2.64. The van der Waals surface area contributed by atoms with Crippen LogP contribution in [0, 0.1) is 0 Å². The van der Waals surface area contributed by atoms with Crippen molar-refractivity contribution in [1.82, 2.24) is 9.88 Å². The van der Waals surface area contributed by atoms with Crippen LogP contribution in [-0.2, 0) is 16.0 Å². The normalized spacial score (nSPS) is 10.6. The lowest BCUT2D eigenvalue weighted by Gasteiger charge is -2.17. The average molecular weight is 418 g/mol. The quantitative estimate of drug-likeness (QED) is 0.610. The minimum Gasteiger partial charge on any atom is -0.447 e. The summed E-state index contributed by atoms with van der Waals surface area (Å²) in [5, 5.41) is 3.34. The predicted octanol–water partition coefficient (Wildman–Crippen LogP) is 4.59. The summed E-state index contributed by atoms with van der Waals surface area (Å²) in [6, 6.07) is 12.9. The highest BCUT2D eigenvalue weighted by molar-refractivity contribution is 7.16. The van der Waals surface area contributed by atoms with Crippen molar-refractivity contribution in [3.8, 4) is 0 Å². The lowest BCUT2D eigenvalue weighted by molar-refractivity contribution is -0.130. The first-order valence-corrected chi connectivity index (χ1v) is 10.0. The molecule has 0 radical (unpaired) electrons. The number of aryl methyl sites for hydroxylation is 1. The highest BCUT2D eigenvalue weighted by Crippen LogP contribution is 2.22. The predicted molar refractivity (Wildman–Crippen MR) is 112 cm³/mol. The number of ether oxygens (including phenoxy) is 1. The van der Waals surface area contributed by atoms with Gasteiger partial charge in [-0.05, 0) is 36.2 Å². The fraction of sp³-hybridized carbons (Fsp3) is 0.250. The molecule has 0 aliphatic carbocycles. The molecule has 1 N–H and O–H groups in total. The van der Waals surface area contributed by atoms with Gasteiger partial charge in [-0.25, -0.2) is 9.78 Å². The largest absolute Gasteiger partial charge is 0.447 e. The number of amides is 2. The summed E-state index contributed by atoms with van der Waals surface area (Å²) in [6.07, 6.45) is 0.367. The Labute approximate surface area is 172 Å². The minimum atomic E-state index is -0.555. The van der Waals surface area contributed by atoms with Crippen LogP contribution in [0.2, 0.25) is 5.02 Å². The average Bonchev–Trinajstić information content (AvgIpc) is 3.14.